The second kappa shape index (κ2) is 13.2. The van der Waals surface area contributed by atoms with E-state index in [2.05, 4.69) is 57.3 Å². The fraction of sp³-hybridized carbons (Fsp3) is 0.667. The summed E-state index contributed by atoms with van der Waals surface area (Å²) in [4.78, 5) is 25.8. The first kappa shape index (κ1) is 24.2. The Morgan fingerprint density at radius 1 is 0.938 bits per heavy atom. The summed E-state index contributed by atoms with van der Waals surface area (Å²) in [5.74, 6) is 0.965. The zero-order valence-corrected chi connectivity index (χ0v) is 19.8. The smallest absolute Gasteiger partial charge is 0.409 e. The Kier molecular flexibility index (Phi) is 9.94. The van der Waals surface area contributed by atoms with Gasteiger partial charge < -0.3 is 24.8 Å². The number of hydrogen-bond acceptors (Lipinski definition) is 5. The fourth-order valence-electron chi connectivity index (χ4n) is 4.24. The van der Waals surface area contributed by atoms with E-state index in [1.54, 1.807) is 4.90 Å². The van der Waals surface area contributed by atoms with Crippen LogP contribution in [0.3, 0.4) is 0 Å². The van der Waals surface area contributed by atoms with Crippen molar-refractivity contribution < 1.29 is 9.53 Å². The Labute approximate surface area is 193 Å². The van der Waals surface area contributed by atoms with E-state index in [1.165, 1.54) is 12.1 Å². The standard InChI is InChI=1S/C24H40N6O2/c1-3-25-23(29-18-20-30(21-19-29)24(31)32-4-2)26-12-8-9-13-27-14-16-28(17-15-27)22-10-6-5-7-11-22/h5-7,10-11H,3-4,8-9,12-21H2,1-2H3,(H,25,26). The summed E-state index contributed by atoms with van der Waals surface area (Å²) in [6.45, 7) is 14.6. The lowest BCUT2D eigenvalue weighted by molar-refractivity contribution is 0.0914. The number of rotatable bonds is 8. The normalized spacial score (nSPS) is 18.1. The molecule has 0 saturated carbocycles. The van der Waals surface area contributed by atoms with Gasteiger partial charge in [-0.05, 0) is 45.4 Å². The Hall–Kier alpha value is -2.48. The molecule has 3 rings (SSSR count). The first-order valence-electron chi connectivity index (χ1n) is 12.2. The maximum atomic E-state index is 11.9. The highest BCUT2D eigenvalue weighted by atomic mass is 16.6. The molecule has 178 valence electrons. The number of anilines is 1. The van der Waals surface area contributed by atoms with Crippen LogP contribution in [0.25, 0.3) is 0 Å². The summed E-state index contributed by atoms with van der Waals surface area (Å²) in [6.07, 6.45) is 2.06. The first-order chi connectivity index (χ1) is 15.7. The van der Waals surface area contributed by atoms with Crippen LogP contribution < -0.4 is 10.2 Å². The van der Waals surface area contributed by atoms with Crippen LogP contribution in [0.2, 0.25) is 0 Å². The summed E-state index contributed by atoms with van der Waals surface area (Å²) < 4.78 is 5.11. The number of para-hydroxylation sites is 1. The van der Waals surface area contributed by atoms with Gasteiger partial charge in [0, 0.05) is 71.1 Å². The van der Waals surface area contributed by atoms with Crippen LogP contribution in [0.4, 0.5) is 10.5 Å². The number of guanidine groups is 1. The number of hydrogen-bond donors (Lipinski definition) is 1. The van der Waals surface area contributed by atoms with Gasteiger partial charge in [-0.3, -0.25) is 9.89 Å². The van der Waals surface area contributed by atoms with Crippen LogP contribution >= 0.6 is 0 Å². The summed E-state index contributed by atoms with van der Waals surface area (Å²) in [7, 11) is 0. The minimum atomic E-state index is -0.210. The van der Waals surface area contributed by atoms with E-state index < -0.39 is 0 Å². The molecule has 32 heavy (non-hydrogen) atoms. The van der Waals surface area contributed by atoms with Gasteiger partial charge in [0.05, 0.1) is 6.61 Å². The van der Waals surface area contributed by atoms with E-state index in [1.807, 2.05) is 6.92 Å². The largest absolute Gasteiger partial charge is 0.450 e. The van der Waals surface area contributed by atoms with E-state index in [9.17, 15) is 4.79 Å². The van der Waals surface area contributed by atoms with Crippen LogP contribution in [0.5, 0.6) is 0 Å². The molecule has 0 aromatic heterocycles. The molecule has 0 aliphatic carbocycles. The zero-order valence-electron chi connectivity index (χ0n) is 19.8. The van der Waals surface area contributed by atoms with Gasteiger partial charge in [-0.15, -0.1) is 0 Å². The molecule has 0 atom stereocenters. The van der Waals surface area contributed by atoms with Gasteiger partial charge in [-0.1, -0.05) is 18.2 Å². The Morgan fingerprint density at radius 2 is 1.62 bits per heavy atom. The van der Waals surface area contributed by atoms with Crippen molar-refractivity contribution in [2.24, 2.45) is 4.99 Å². The van der Waals surface area contributed by atoms with Gasteiger partial charge in [-0.2, -0.15) is 0 Å². The van der Waals surface area contributed by atoms with E-state index in [4.69, 9.17) is 9.73 Å². The molecular formula is C24H40N6O2. The third-order valence-corrected chi connectivity index (χ3v) is 6.08. The number of carbonyl (C=O) groups is 1. The topological polar surface area (TPSA) is 63.7 Å². The van der Waals surface area contributed by atoms with Crippen LogP contribution in [-0.2, 0) is 4.74 Å². The summed E-state index contributed by atoms with van der Waals surface area (Å²) in [6, 6.07) is 10.7. The van der Waals surface area contributed by atoms with Gasteiger partial charge >= 0.3 is 6.09 Å². The number of aliphatic imine (C=N–C) groups is 1. The number of nitrogens with zero attached hydrogens (tertiary/aromatic N) is 5. The molecule has 2 fully saturated rings. The van der Waals surface area contributed by atoms with Crippen LogP contribution in [0, 0.1) is 0 Å². The van der Waals surface area contributed by atoms with Crippen molar-refractivity contribution >= 4 is 17.7 Å². The predicted octanol–water partition coefficient (Wildman–Crippen LogP) is 2.33. The maximum absolute atomic E-state index is 11.9. The second-order valence-electron chi connectivity index (χ2n) is 8.28. The number of unbranched alkanes of at least 4 members (excludes halogenated alkanes) is 1. The van der Waals surface area contributed by atoms with Crippen LogP contribution in [0.15, 0.2) is 35.3 Å². The van der Waals surface area contributed by atoms with Crippen LogP contribution in [0.1, 0.15) is 26.7 Å². The molecule has 8 nitrogen and oxygen atoms in total. The highest BCUT2D eigenvalue weighted by molar-refractivity contribution is 5.80. The van der Waals surface area contributed by atoms with Gasteiger partial charge in [0.25, 0.3) is 0 Å². The molecule has 2 aliphatic rings. The van der Waals surface area contributed by atoms with Crippen molar-refractivity contribution in [2.75, 3.05) is 83.5 Å². The quantitative estimate of drug-likeness (QED) is 0.377. The molecule has 1 aromatic carbocycles. The third kappa shape index (κ3) is 7.29. The van der Waals surface area contributed by atoms with Crippen molar-refractivity contribution in [3.8, 4) is 0 Å². The lowest BCUT2D eigenvalue weighted by Gasteiger charge is -2.36. The zero-order chi connectivity index (χ0) is 22.6. The number of piperazine rings is 2. The van der Waals surface area contributed by atoms with E-state index in [-0.39, 0.29) is 6.09 Å². The molecule has 1 aromatic rings. The van der Waals surface area contributed by atoms with E-state index >= 15 is 0 Å². The molecule has 2 aliphatic heterocycles. The van der Waals surface area contributed by atoms with Crippen LogP contribution in [-0.4, -0.2) is 105 Å². The number of nitrogens with one attached hydrogen (secondary N) is 1. The maximum Gasteiger partial charge on any atom is 0.409 e. The summed E-state index contributed by atoms with van der Waals surface area (Å²) in [5.41, 5.74) is 1.33. The van der Waals surface area contributed by atoms with E-state index in [0.717, 1.165) is 71.3 Å². The van der Waals surface area contributed by atoms with Crippen molar-refractivity contribution in [1.82, 2.24) is 20.0 Å². The average molecular weight is 445 g/mol. The van der Waals surface area contributed by atoms with Gasteiger partial charge in [0.1, 0.15) is 0 Å². The minimum absolute atomic E-state index is 0.210. The van der Waals surface area contributed by atoms with Crippen molar-refractivity contribution in [3.63, 3.8) is 0 Å². The van der Waals surface area contributed by atoms with Crippen molar-refractivity contribution in [2.45, 2.75) is 26.7 Å². The second-order valence-corrected chi connectivity index (χ2v) is 8.28. The molecular weight excluding hydrogens is 404 g/mol. The molecule has 2 heterocycles. The molecule has 0 bridgehead atoms. The van der Waals surface area contributed by atoms with E-state index in [0.29, 0.717) is 19.7 Å². The van der Waals surface area contributed by atoms with Gasteiger partial charge in [0.15, 0.2) is 5.96 Å². The SMILES string of the molecule is CCNC(=NCCCCN1CCN(c2ccccc2)CC1)N1CCN(C(=O)OCC)CC1. The van der Waals surface area contributed by atoms with Crippen molar-refractivity contribution in [1.29, 1.82) is 0 Å². The molecule has 1 N–H and O–H groups in total. The summed E-state index contributed by atoms with van der Waals surface area (Å²) in [5, 5.41) is 3.41. The Bertz CT molecular complexity index is 698. The number of amides is 1. The predicted molar refractivity (Wildman–Crippen MR) is 130 cm³/mol. The monoisotopic (exact) mass is 444 g/mol. The first-order valence-corrected chi connectivity index (χ1v) is 12.2. The number of benzene rings is 1. The minimum Gasteiger partial charge on any atom is -0.450 e. The Balaban J connectivity index is 1.34. The fourth-order valence-corrected chi connectivity index (χ4v) is 4.24. The van der Waals surface area contributed by atoms with Gasteiger partial charge in [-0.25, -0.2) is 4.79 Å². The molecule has 1 amide bonds. The molecule has 2 saturated heterocycles. The molecule has 0 radical (unpaired) electrons. The lowest BCUT2D eigenvalue weighted by Crippen LogP contribution is -2.53. The molecule has 0 spiro atoms. The molecule has 0 unspecified atom stereocenters. The average Bonchev–Trinajstić information content (AvgIpc) is 2.84. The van der Waals surface area contributed by atoms with Gasteiger partial charge in [0.2, 0.25) is 0 Å². The Morgan fingerprint density at radius 3 is 2.28 bits per heavy atom. The highest BCUT2D eigenvalue weighted by Gasteiger charge is 2.23. The summed E-state index contributed by atoms with van der Waals surface area (Å²) >= 11 is 0. The highest BCUT2D eigenvalue weighted by Crippen LogP contribution is 2.15. The lowest BCUT2D eigenvalue weighted by atomic mass is 10.2. The number of carbonyl (C=O) groups excluding carboxylic acids is 1. The molecule has 8 heteroatoms. The van der Waals surface area contributed by atoms with Crippen molar-refractivity contribution in [3.05, 3.63) is 30.3 Å². The third-order valence-electron chi connectivity index (χ3n) is 6.08. The number of ether oxygens (including phenoxy) is 1.